The molecule has 1 N–H and O–H groups in total. The normalized spacial score (nSPS) is 18.4. The highest BCUT2D eigenvalue weighted by molar-refractivity contribution is 5.66. The Hall–Kier alpha value is -1.32. The number of hydrogen-bond acceptors (Lipinski definition) is 2. The van der Waals surface area contributed by atoms with Gasteiger partial charge in [-0.05, 0) is 44.1 Å². The van der Waals surface area contributed by atoms with Crippen LogP contribution in [0.4, 0.5) is 0 Å². The van der Waals surface area contributed by atoms with Crippen molar-refractivity contribution >= 4 is 5.97 Å². The third-order valence-electron chi connectivity index (χ3n) is 4.62. The third-order valence-corrected chi connectivity index (χ3v) is 4.62. The molecule has 19 heavy (non-hydrogen) atoms. The van der Waals surface area contributed by atoms with Gasteiger partial charge in [0.05, 0.1) is 6.20 Å². The molecule has 4 nitrogen and oxygen atoms in total. The summed E-state index contributed by atoms with van der Waals surface area (Å²) in [4.78, 5) is 10.9. The second kappa shape index (κ2) is 5.76. The van der Waals surface area contributed by atoms with Gasteiger partial charge in [0.25, 0.3) is 0 Å². The summed E-state index contributed by atoms with van der Waals surface area (Å²) in [6.45, 7) is 5.04. The number of aryl methyl sites for hydroxylation is 1. The molecule has 4 heteroatoms. The molecule has 0 radical (unpaired) electrons. The van der Waals surface area contributed by atoms with E-state index in [4.69, 9.17) is 5.11 Å². The van der Waals surface area contributed by atoms with Crippen molar-refractivity contribution in [3.63, 3.8) is 0 Å². The first-order valence-corrected chi connectivity index (χ1v) is 7.23. The van der Waals surface area contributed by atoms with Crippen LogP contribution in [0.3, 0.4) is 0 Å². The van der Waals surface area contributed by atoms with Gasteiger partial charge in [-0.25, -0.2) is 0 Å². The lowest BCUT2D eigenvalue weighted by Crippen LogP contribution is -2.31. The van der Waals surface area contributed by atoms with Gasteiger partial charge < -0.3 is 5.11 Å². The van der Waals surface area contributed by atoms with Crippen molar-refractivity contribution in [3.8, 4) is 0 Å². The lowest BCUT2D eigenvalue weighted by Gasteiger charge is -2.37. The highest BCUT2D eigenvalue weighted by atomic mass is 16.4. The van der Waals surface area contributed by atoms with Gasteiger partial charge in [-0.2, -0.15) is 5.10 Å². The van der Waals surface area contributed by atoms with E-state index in [9.17, 15) is 4.79 Å². The molecule has 1 heterocycles. The van der Waals surface area contributed by atoms with E-state index in [0.29, 0.717) is 0 Å². The average molecular weight is 264 g/mol. The topological polar surface area (TPSA) is 55.1 Å². The van der Waals surface area contributed by atoms with E-state index in [-0.39, 0.29) is 11.8 Å². The fourth-order valence-electron chi connectivity index (χ4n) is 3.18. The van der Waals surface area contributed by atoms with E-state index in [1.807, 2.05) is 6.20 Å². The molecule has 0 atom stereocenters. The van der Waals surface area contributed by atoms with Gasteiger partial charge in [-0.3, -0.25) is 9.48 Å². The predicted octanol–water partition coefficient (Wildman–Crippen LogP) is 3.32. The summed E-state index contributed by atoms with van der Waals surface area (Å²) >= 11 is 0. The van der Waals surface area contributed by atoms with Crippen LogP contribution in [0.2, 0.25) is 0 Å². The van der Waals surface area contributed by atoms with Crippen LogP contribution in [0.5, 0.6) is 0 Å². The molecule has 1 aromatic rings. The second-order valence-corrected chi connectivity index (χ2v) is 6.03. The molecule has 106 valence electrons. The first kappa shape index (κ1) is 14.1. The zero-order valence-electron chi connectivity index (χ0n) is 12.0. The van der Waals surface area contributed by atoms with E-state index in [1.54, 1.807) is 0 Å². The molecule has 0 spiro atoms. The molecule has 1 aliphatic rings. The summed E-state index contributed by atoms with van der Waals surface area (Å²) in [6.07, 6.45) is 8.96. The largest absolute Gasteiger partial charge is 0.481 e. The number of carbonyl (C=O) groups is 1. The molecule has 0 amide bonds. The maximum absolute atomic E-state index is 10.9. The number of nitrogens with zero attached hydrogens (tertiary/aromatic N) is 2. The van der Waals surface area contributed by atoms with Crippen molar-refractivity contribution in [2.24, 2.45) is 5.41 Å². The standard InChI is InChI=1S/C15H24N2O2/c1-12-10-16-17(13(12)2)11-15(9-6-14(18)19)7-4-3-5-8-15/h10H,3-9,11H2,1-2H3,(H,18,19). The lowest BCUT2D eigenvalue weighted by molar-refractivity contribution is -0.138. The fourth-order valence-corrected chi connectivity index (χ4v) is 3.18. The Bertz CT molecular complexity index is 445. The molecule has 0 aliphatic heterocycles. The second-order valence-electron chi connectivity index (χ2n) is 6.03. The van der Waals surface area contributed by atoms with Crippen molar-refractivity contribution < 1.29 is 9.90 Å². The first-order chi connectivity index (χ1) is 9.02. The van der Waals surface area contributed by atoms with Crippen LogP contribution in [0.15, 0.2) is 6.20 Å². The van der Waals surface area contributed by atoms with Crippen LogP contribution in [-0.4, -0.2) is 20.9 Å². The fraction of sp³-hybridized carbons (Fsp3) is 0.733. The molecule has 0 saturated heterocycles. The Morgan fingerprint density at radius 2 is 2.05 bits per heavy atom. The van der Waals surface area contributed by atoms with E-state index >= 15 is 0 Å². The Kier molecular flexibility index (Phi) is 4.27. The van der Waals surface area contributed by atoms with Crippen molar-refractivity contribution in [2.45, 2.75) is 65.3 Å². The predicted molar refractivity (Wildman–Crippen MR) is 74.1 cm³/mol. The number of hydrogen-bond donors (Lipinski definition) is 1. The van der Waals surface area contributed by atoms with Crippen LogP contribution >= 0.6 is 0 Å². The molecule has 2 rings (SSSR count). The van der Waals surface area contributed by atoms with Crippen LogP contribution in [0, 0.1) is 19.3 Å². The van der Waals surface area contributed by atoms with E-state index in [1.165, 1.54) is 30.5 Å². The highest BCUT2D eigenvalue weighted by Gasteiger charge is 2.33. The first-order valence-electron chi connectivity index (χ1n) is 7.23. The van der Waals surface area contributed by atoms with Crippen LogP contribution < -0.4 is 0 Å². The minimum Gasteiger partial charge on any atom is -0.481 e. The number of carboxylic acids is 1. The van der Waals surface area contributed by atoms with Gasteiger partial charge in [-0.15, -0.1) is 0 Å². The summed E-state index contributed by atoms with van der Waals surface area (Å²) in [5.74, 6) is -0.682. The molecular weight excluding hydrogens is 240 g/mol. The Morgan fingerprint density at radius 3 is 2.58 bits per heavy atom. The summed E-state index contributed by atoms with van der Waals surface area (Å²) in [7, 11) is 0. The van der Waals surface area contributed by atoms with Crippen molar-refractivity contribution in [3.05, 3.63) is 17.5 Å². The zero-order valence-corrected chi connectivity index (χ0v) is 12.0. The molecule has 1 saturated carbocycles. The summed E-state index contributed by atoms with van der Waals surface area (Å²) < 4.78 is 2.07. The summed E-state index contributed by atoms with van der Waals surface area (Å²) in [5.41, 5.74) is 2.56. The molecule has 0 unspecified atom stereocenters. The smallest absolute Gasteiger partial charge is 0.303 e. The highest BCUT2D eigenvalue weighted by Crippen LogP contribution is 2.41. The van der Waals surface area contributed by atoms with Gasteiger partial charge in [-0.1, -0.05) is 19.3 Å². The zero-order chi connectivity index (χ0) is 13.9. The maximum atomic E-state index is 10.9. The van der Waals surface area contributed by atoms with Gasteiger partial charge in [0, 0.05) is 18.7 Å². The van der Waals surface area contributed by atoms with Gasteiger partial charge in [0.2, 0.25) is 0 Å². The average Bonchev–Trinajstić information content (AvgIpc) is 2.70. The molecule has 1 aromatic heterocycles. The van der Waals surface area contributed by atoms with E-state index in [2.05, 4.69) is 23.6 Å². The van der Waals surface area contributed by atoms with E-state index in [0.717, 1.165) is 25.8 Å². The van der Waals surface area contributed by atoms with Gasteiger partial charge in [0.1, 0.15) is 0 Å². The molecule has 0 bridgehead atoms. The van der Waals surface area contributed by atoms with Crippen LogP contribution in [0.25, 0.3) is 0 Å². The van der Waals surface area contributed by atoms with Crippen LogP contribution in [-0.2, 0) is 11.3 Å². The monoisotopic (exact) mass is 264 g/mol. The molecule has 1 fully saturated rings. The number of aromatic nitrogens is 2. The Morgan fingerprint density at radius 1 is 1.37 bits per heavy atom. The lowest BCUT2D eigenvalue weighted by atomic mass is 9.71. The molecule has 1 aliphatic carbocycles. The van der Waals surface area contributed by atoms with E-state index < -0.39 is 5.97 Å². The van der Waals surface area contributed by atoms with Crippen molar-refractivity contribution in [1.29, 1.82) is 0 Å². The Labute approximate surface area is 114 Å². The van der Waals surface area contributed by atoms with Gasteiger partial charge >= 0.3 is 5.97 Å². The third kappa shape index (κ3) is 3.37. The van der Waals surface area contributed by atoms with Gasteiger partial charge in [0.15, 0.2) is 0 Å². The SMILES string of the molecule is Cc1cnn(CC2(CCC(=O)O)CCCCC2)c1C. The summed E-state index contributed by atoms with van der Waals surface area (Å²) in [6, 6.07) is 0. The maximum Gasteiger partial charge on any atom is 0.303 e. The molecule has 0 aromatic carbocycles. The summed E-state index contributed by atoms with van der Waals surface area (Å²) in [5, 5.41) is 13.4. The van der Waals surface area contributed by atoms with Crippen molar-refractivity contribution in [2.75, 3.05) is 0 Å². The Balaban J connectivity index is 2.13. The number of aliphatic carboxylic acids is 1. The molecular formula is C15H24N2O2. The minimum atomic E-state index is -0.682. The van der Waals surface area contributed by atoms with Crippen molar-refractivity contribution in [1.82, 2.24) is 9.78 Å². The number of rotatable bonds is 5. The number of carboxylic acid groups (broad SMARTS) is 1. The quantitative estimate of drug-likeness (QED) is 0.887. The minimum absolute atomic E-state index is 0.139. The van der Waals surface area contributed by atoms with Crippen LogP contribution in [0.1, 0.15) is 56.2 Å².